The smallest absolute Gasteiger partial charge is 0.0558 e. The Morgan fingerprint density at radius 1 is 1.62 bits per heavy atom. The van der Waals surface area contributed by atoms with Gasteiger partial charge in [-0.25, -0.2) is 0 Å². The lowest BCUT2D eigenvalue weighted by Gasteiger charge is -2.20. The van der Waals surface area contributed by atoms with E-state index in [0.29, 0.717) is 12.0 Å². The molecule has 92 valence electrons. The first-order valence-corrected chi connectivity index (χ1v) is 6.62. The topological polar surface area (TPSA) is 29.3 Å². The van der Waals surface area contributed by atoms with Crippen LogP contribution in [-0.4, -0.2) is 24.0 Å². The van der Waals surface area contributed by atoms with Gasteiger partial charge in [0.1, 0.15) is 0 Å². The molecule has 0 amide bonds. The van der Waals surface area contributed by atoms with Crippen molar-refractivity contribution < 1.29 is 0 Å². The summed E-state index contributed by atoms with van der Waals surface area (Å²) in [6.45, 7) is 5.18. The Morgan fingerprint density at radius 3 is 2.88 bits per heavy atom. The highest BCUT2D eigenvalue weighted by Crippen LogP contribution is 2.29. The molecule has 1 saturated heterocycles. The van der Waals surface area contributed by atoms with Gasteiger partial charge < -0.3 is 5.73 Å². The fourth-order valence-corrected chi connectivity index (χ4v) is 3.35. The summed E-state index contributed by atoms with van der Waals surface area (Å²) in [7, 11) is 0. The molecule has 2 rings (SSSR count). The summed E-state index contributed by atoms with van der Waals surface area (Å²) >= 11 is 7.84. The van der Waals surface area contributed by atoms with Crippen LogP contribution < -0.4 is 5.73 Å². The molecule has 1 fully saturated rings. The number of nitrogens with two attached hydrogens (primary N) is 1. The van der Waals surface area contributed by atoms with Crippen LogP contribution in [0.15, 0.2) is 11.4 Å². The Bertz CT molecular complexity index is 330. The summed E-state index contributed by atoms with van der Waals surface area (Å²) < 4.78 is 0. The molecule has 16 heavy (non-hydrogen) atoms. The first-order chi connectivity index (χ1) is 7.20. The summed E-state index contributed by atoms with van der Waals surface area (Å²) in [6, 6.07) is 2.61. The zero-order chi connectivity index (χ0) is 10.8. The monoisotopic (exact) mass is 280 g/mol. The van der Waals surface area contributed by atoms with Crippen LogP contribution in [0.25, 0.3) is 0 Å². The maximum Gasteiger partial charge on any atom is 0.0558 e. The molecule has 0 bridgehead atoms. The van der Waals surface area contributed by atoms with Crippen LogP contribution in [0, 0.1) is 5.92 Å². The van der Waals surface area contributed by atoms with Crippen LogP contribution in [-0.2, 0) is 6.54 Å². The van der Waals surface area contributed by atoms with Crippen molar-refractivity contribution in [3.05, 3.63) is 21.3 Å². The lowest BCUT2D eigenvalue weighted by atomic mass is 10.1. The Hall–Kier alpha value is 0.200. The van der Waals surface area contributed by atoms with Crippen molar-refractivity contribution in [3.63, 3.8) is 0 Å². The third-order valence-corrected chi connectivity index (χ3v) is 4.53. The summed E-state index contributed by atoms with van der Waals surface area (Å²) in [5.74, 6) is 0.665. The minimum Gasteiger partial charge on any atom is -0.330 e. The molecule has 1 aromatic heterocycles. The van der Waals surface area contributed by atoms with Gasteiger partial charge in [0, 0.05) is 24.0 Å². The van der Waals surface area contributed by atoms with Gasteiger partial charge in [-0.1, -0.05) is 11.6 Å². The predicted octanol–water partition coefficient (Wildman–Crippen LogP) is 2.99. The van der Waals surface area contributed by atoms with Gasteiger partial charge >= 0.3 is 0 Å². The maximum atomic E-state index is 6.10. The highest BCUT2D eigenvalue weighted by atomic mass is 35.5. The van der Waals surface area contributed by atoms with Gasteiger partial charge in [-0.05, 0) is 37.3 Å². The Balaban J connectivity index is 0.00000128. The molecule has 2 N–H and O–H groups in total. The molecule has 2 heterocycles. The summed E-state index contributed by atoms with van der Waals surface area (Å²) in [6.07, 6.45) is 1.22. The summed E-state index contributed by atoms with van der Waals surface area (Å²) in [5, 5.41) is 2.96. The SMILES string of the molecule is CC1CC(CN)CN1Cc1sccc1Cl.Cl. The predicted molar refractivity (Wildman–Crippen MR) is 73.6 cm³/mol. The van der Waals surface area contributed by atoms with Crippen LogP contribution in [0.4, 0.5) is 0 Å². The number of likely N-dealkylation sites (tertiary alicyclic amines) is 1. The maximum absolute atomic E-state index is 6.10. The van der Waals surface area contributed by atoms with Crippen molar-refractivity contribution in [1.29, 1.82) is 0 Å². The van der Waals surface area contributed by atoms with E-state index >= 15 is 0 Å². The zero-order valence-corrected chi connectivity index (χ0v) is 11.7. The second-order valence-electron chi connectivity index (χ2n) is 4.31. The van der Waals surface area contributed by atoms with Crippen molar-refractivity contribution in [2.75, 3.05) is 13.1 Å². The van der Waals surface area contributed by atoms with E-state index < -0.39 is 0 Å². The first-order valence-electron chi connectivity index (χ1n) is 5.36. The molecule has 2 nitrogen and oxygen atoms in total. The molecule has 0 aromatic carbocycles. The van der Waals surface area contributed by atoms with Crippen molar-refractivity contribution in [2.24, 2.45) is 11.7 Å². The average molecular weight is 281 g/mol. The van der Waals surface area contributed by atoms with Crippen molar-refractivity contribution >= 4 is 35.3 Å². The van der Waals surface area contributed by atoms with Gasteiger partial charge in [-0.3, -0.25) is 4.90 Å². The number of rotatable bonds is 3. The quantitative estimate of drug-likeness (QED) is 0.923. The van der Waals surface area contributed by atoms with Crippen LogP contribution in [0.1, 0.15) is 18.2 Å². The van der Waals surface area contributed by atoms with Gasteiger partial charge in [-0.2, -0.15) is 0 Å². The van der Waals surface area contributed by atoms with E-state index in [1.54, 1.807) is 11.3 Å². The molecule has 2 unspecified atom stereocenters. The molecule has 0 aliphatic carbocycles. The van der Waals surface area contributed by atoms with E-state index in [1.807, 2.05) is 6.07 Å². The van der Waals surface area contributed by atoms with Crippen molar-refractivity contribution in [2.45, 2.75) is 25.9 Å². The van der Waals surface area contributed by atoms with E-state index in [-0.39, 0.29) is 12.4 Å². The first kappa shape index (κ1) is 14.3. The molecule has 1 aromatic rings. The van der Waals surface area contributed by atoms with E-state index in [0.717, 1.165) is 24.7 Å². The summed E-state index contributed by atoms with van der Waals surface area (Å²) in [5.41, 5.74) is 5.71. The molecule has 2 atom stereocenters. The van der Waals surface area contributed by atoms with Crippen LogP contribution in [0.5, 0.6) is 0 Å². The molecule has 0 saturated carbocycles. The second-order valence-corrected chi connectivity index (χ2v) is 5.72. The molecule has 5 heteroatoms. The fraction of sp³-hybridized carbons (Fsp3) is 0.636. The van der Waals surface area contributed by atoms with Crippen molar-refractivity contribution in [1.82, 2.24) is 4.90 Å². The molecule has 1 aliphatic heterocycles. The van der Waals surface area contributed by atoms with Crippen LogP contribution >= 0.6 is 35.3 Å². The van der Waals surface area contributed by atoms with Gasteiger partial charge in [0.15, 0.2) is 0 Å². The Morgan fingerprint density at radius 2 is 2.38 bits per heavy atom. The highest BCUT2D eigenvalue weighted by molar-refractivity contribution is 7.10. The normalized spacial score (nSPS) is 25.7. The fourth-order valence-electron chi connectivity index (χ4n) is 2.23. The number of hydrogen-bond acceptors (Lipinski definition) is 3. The van der Waals surface area contributed by atoms with Gasteiger partial charge in [-0.15, -0.1) is 23.7 Å². The van der Waals surface area contributed by atoms with E-state index in [4.69, 9.17) is 17.3 Å². The standard InChI is InChI=1S/C11H17ClN2S.ClH/c1-8-4-9(5-13)6-14(8)7-11-10(12)2-3-15-11;/h2-3,8-9H,4-7,13H2,1H3;1H. The van der Waals surface area contributed by atoms with Gasteiger partial charge in [0.05, 0.1) is 5.02 Å². The molecular formula is C11H18Cl2N2S. The van der Waals surface area contributed by atoms with E-state index in [1.165, 1.54) is 11.3 Å². The largest absolute Gasteiger partial charge is 0.330 e. The lowest BCUT2D eigenvalue weighted by molar-refractivity contribution is 0.258. The van der Waals surface area contributed by atoms with E-state index in [9.17, 15) is 0 Å². The van der Waals surface area contributed by atoms with E-state index in [2.05, 4.69) is 17.2 Å². The number of hydrogen-bond donors (Lipinski definition) is 1. The van der Waals surface area contributed by atoms with Crippen molar-refractivity contribution in [3.8, 4) is 0 Å². The highest BCUT2D eigenvalue weighted by Gasteiger charge is 2.28. The summed E-state index contributed by atoms with van der Waals surface area (Å²) in [4.78, 5) is 3.76. The minimum absolute atomic E-state index is 0. The minimum atomic E-state index is 0. The molecular weight excluding hydrogens is 263 g/mol. The van der Waals surface area contributed by atoms with Gasteiger partial charge in [0.25, 0.3) is 0 Å². The Labute approximate surface area is 112 Å². The molecule has 0 spiro atoms. The third kappa shape index (κ3) is 3.11. The van der Waals surface area contributed by atoms with Gasteiger partial charge in [0.2, 0.25) is 0 Å². The van der Waals surface area contributed by atoms with Crippen LogP contribution in [0.2, 0.25) is 5.02 Å². The third-order valence-electron chi connectivity index (χ3n) is 3.16. The zero-order valence-electron chi connectivity index (χ0n) is 9.36. The Kier molecular flexibility index (Phi) is 5.54. The number of thiophene rings is 1. The number of nitrogens with zero attached hydrogens (tertiary/aromatic N) is 1. The number of halogens is 2. The lowest BCUT2D eigenvalue weighted by Crippen LogP contribution is -2.27. The average Bonchev–Trinajstić information content (AvgIpc) is 2.76. The molecule has 0 radical (unpaired) electrons. The van der Waals surface area contributed by atoms with Crippen LogP contribution in [0.3, 0.4) is 0 Å². The molecule has 1 aliphatic rings. The second kappa shape index (κ2) is 6.22.